The molecular weight excluding hydrogens is 228 g/mol. The van der Waals surface area contributed by atoms with Crippen molar-refractivity contribution in [2.75, 3.05) is 0 Å². The van der Waals surface area contributed by atoms with Crippen molar-refractivity contribution < 1.29 is 0 Å². The number of aromatic nitrogens is 4. The lowest BCUT2D eigenvalue weighted by Gasteiger charge is -2.05. The van der Waals surface area contributed by atoms with E-state index < -0.39 is 0 Å². The molecule has 94 valence electrons. The van der Waals surface area contributed by atoms with Crippen LogP contribution in [0.3, 0.4) is 0 Å². The van der Waals surface area contributed by atoms with E-state index in [4.69, 9.17) is 11.1 Å². The highest BCUT2D eigenvalue weighted by molar-refractivity contribution is 5.93. The number of nitrogens with zero attached hydrogens (tertiary/aromatic N) is 4. The fourth-order valence-corrected chi connectivity index (χ4v) is 1.65. The zero-order valence-electron chi connectivity index (χ0n) is 10.5. The van der Waals surface area contributed by atoms with Crippen molar-refractivity contribution in [1.29, 1.82) is 5.41 Å². The van der Waals surface area contributed by atoms with Crippen LogP contribution in [0.2, 0.25) is 0 Å². The molecule has 6 nitrogen and oxygen atoms in total. The third-order valence-electron chi connectivity index (χ3n) is 2.58. The molecule has 2 heterocycles. The summed E-state index contributed by atoms with van der Waals surface area (Å²) in [5.41, 5.74) is 5.89. The maximum absolute atomic E-state index is 7.40. The predicted octanol–water partition coefficient (Wildman–Crippen LogP) is 1.07. The lowest BCUT2D eigenvalue weighted by Crippen LogP contribution is -2.15. The predicted molar refractivity (Wildman–Crippen MR) is 68.9 cm³/mol. The van der Waals surface area contributed by atoms with Gasteiger partial charge in [0.1, 0.15) is 17.4 Å². The fraction of sp³-hybridized carbons (Fsp3) is 0.333. The zero-order valence-corrected chi connectivity index (χ0v) is 10.5. The van der Waals surface area contributed by atoms with E-state index >= 15 is 0 Å². The van der Waals surface area contributed by atoms with Gasteiger partial charge in [0.15, 0.2) is 11.6 Å². The van der Waals surface area contributed by atoms with Crippen LogP contribution in [-0.4, -0.2) is 25.6 Å². The summed E-state index contributed by atoms with van der Waals surface area (Å²) in [6.45, 7) is 4.04. The molecule has 2 aromatic heterocycles. The molecule has 2 rings (SSSR count). The van der Waals surface area contributed by atoms with E-state index in [1.165, 1.54) is 0 Å². The lowest BCUT2D eigenvalue weighted by molar-refractivity contribution is 0.768. The van der Waals surface area contributed by atoms with Crippen LogP contribution in [0.1, 0.15) is 31.2 Å². The average molecular weight is 244 g/mol. The van der Waals surface area contributed by atoms with Gasteiger partial charge in [0.05, 0.1) is 0 Å². The summed E-state index contributed by atoms with van der Waals surface area (Å²) in [4.78, 5) is 8.73. The van der Waals surface area contributed by atoms with Gasteiger partial charge < -0.3 is 5.73 Å². The minimum atomic E-state index is -0.0503. The van der Waals surface area contributed by atoms with Crippen molar-refractivity contribution >= 4 is 5.84 Å². The third-order valence-corrected chi connectivity index (χ3v) is 2.58. The molecule has 6 heteroatoms. The Bertz CT molecular complexity index is 572. The van der Waals surface area contributed by atoms with E-state index in [-0.39, 0.29) is 5.84 Å². The van der Waals surface area contributed by atoms with E-state index in [0.29, 0.717) is 11.5 Å². The van der Waals surface area contributed by atoms with Crippen LogP contribution in [0.25, 0.3) is 5.82 Å². The van der Waals surface area contributed by atoms with Gasteiger partial charge in [-0.15, -0.1) is 5.10 Å². The summed E-state index contributed by atoms with van der Waals surface area (Å²) in [5.74, 6) is 2.25. The van der Waals surface area contributed by atoms with E-state index in [1.54, 1.807) is 10.7 Å². The van der Waals surface area contributed by atoms with E-state index in [1.807, 2.05) is 26.0 Å². The number of pyridine rings is 1. The number of nitrogens with two attached hydrogens (primary N) is 1. The Morgan fingerprint density at radius 2 is 2.06 bits per heavy atom. The first-order chi connectivity index (χ1) is 8.65. The van der Waals surface area contributed by atoms with Gasteiger partial charge in [0.25, 0.3) is 0 Å². The minimum Gasteiger partial charge on any atom is -0.382 e. The number of hydrogen-bond acceptors (Lipinski definition) is 4. The molecule has 0 bridgehead atoms. The van der Waals surface area contributed by atoms with Crippen molar-refractivity contribution in [1.82, 2.24) is 19.7 Å². The number of rotatable bonds is 4. The second-order valence-corrected chi connectivity index (χ2v) is 3.86. The molecule has 0 spiro atoms. The van der Waals surface area contributed by atoms with Crippen molar-refractivity contribution in [3.8, 4) is 5.82 Å². The molecule has 0 saturated carbocycles. The molecule has 0 amide bonds. The molecule has 0 aliphatic carbocycles. The normalized spacial score (nSPS) is 10.6. The Morgan fingerprint density at radius 1 is 1.28 bits per heavy atom. The number of amidine groups is 1. The monoisotopic (exact) mass is 244 g/mol. The van der Waals surface area contributed by atoms with Gasteiger partial charge in [-0.2, -0.15) is 4.68 Å². The highest BCUT2D eigenvalue weighted by Crippen LogP contribution is 2.09. The maximum atomic E-state index is 7.40. The first-order valence-electron chi connectivity index (χ1n) is 5.92. The van der Waals surface area contributed by atoms with Gasteiger partial charge >= 0.3 is 0 Å². The zero-order chi connectivity index (χ0) is 13.1. The Hall–Kier alpha value is -2.24. The molecule has 0 radical (unpaired) electrons. The van der Waals surface area contributed by atoms with Crippen LogP contribution in [0, 0.1) is 5.41 Å². The van der Waals surface area contributed by atoms with Crippen molar-refractivity contribution in [2.45, 2.75) is 26.7 Å². The van der Waals surface area contributed by atoms with Crippen LogP contribution in [0.15, 0.2) is 18.2 Å². The largest absolute Gasteiger partial charge is 0.382 e. The fourth-order valence-electron chi connectivity index (χ4n) is 1.65. The molecule has 0 atom stereocenters. The highest BCUT2D eigenvalue weighted by atomic mass is 15.4. The van der Waals surface area contributed by atoms with E-state index in [0.717, 1.165) is 24.5 Å². The molecule has 0 aliphatic heterocycles. The third kappa shape index (κ3) is 2.22. The van der Waals surface area contributed by atoms with Crippen molar-refractivity contribution in [3.05, 3.63) is 35.5 Å². The van der Waals surface area contributed by atoms with Gasteiger partial charge in [0.2, 0.25) is 0 Å². The molecule has 2 aromatic rings. The van der Waals surface area contributed by atoms with Gasteiger partial charge in [-0.05, 0) is 12.1 Å². The highest BCUT2D eigenvalue weighted by Gasteiger charge is 2.10. The molecule has 0 aromatic carbocycles. The smallest absolute Gasteiger partial charge is 0.156 e. The molecule has 3 N–H and O–H groups in total. The van der Waals surface area contributed by atoms with Gasteiger partial charge in [-0.25, -0.2) is 9.97 Å². The van der Waals surface area contributed by atoms with E-state index in [9.17, 15) is 0 Å². The minimum absolute atomic E-state index is 0.0503. The summed E-state index contributed by atoms with van der Waals surface area (Å²) in [5, 5.41) is 11.8. The number of aryl methyl sites for hydroxylation is 2. The molecular formula is C12H16N6. The van der Waals surface area contributed by atoms with Crippen LogP contribution in [0.5, 0.6) is 0 Å². The first kappa shape index (κ1) is 12.2. The van der Waals surface area contributed by atoms with Crippen LogP contribution in [-0.2, 0) is 12.8 Å². The summed E-state index contributed by atoms with van der Waals surface area (Å²) >= 11 is 0. The second-order valence-electron chi connectivity index (χ2n) is 3.86. The standard InChI is InChI=1S/C12H16N6/c1-3-9-16-10(4-2)18(17-9)11-7-5-6-8(15-11)12(13)14/h5-7H,3-4H2,1-2H3,(H3,13,14). The molecule has 0 aliphatic rings. The quantitative estimate of drug-likeness (QED) is 0.621. The molecule has 0 fully saturated rings. The summed E-state index contributed by atoms with van der Waals surface area (Å²) in [7, 11) is 0. The maximum Gasteiger partial charge on any atom is 0.156 e. The van der Waals surface area contributed by atoms with Crippen LogP contribution in [0.4, 0.5) is 0 Å². The van der Waals surface area contributed by atoms with Crippen molar-refractivity contribution in [3.63, 3.8) is 0 Å². The topological polar surface area (TPSA) is 93.5 Å². The van der Waals surface area contributed by atoms with Gasteiger partial charge in [0, 0.05) is 12.8 Å². The first-order valence-corrected chi connectivity index (χ1v) is 5.92. The van der Waals surface area contributed by atoms with Crippen LogP contribution >= 0.6 is 0 Å². The summed E-state index contributed by atoms with van der Waals surface area (Å²) < 4.78 is 1.71. The van der Waals surface area contributed by atoms with E-state index in [2.05, 4.69) is 15.1 Å². The molecule has 0 unspecified atom stereocenters. The van der Waals surface area contributed by atoms with Crippen LogP contribution < -0.4 is 5.73 Å². The Balaban J connectivity index is 2.50. The SMILES string of the molecule is CCc1nc(CC)n(-c2cccc(C(=N)N)n2)n1. The lowest BCUT2D eigenvalue weighted by atomic mass is 10.3. The molecule has 18 heavy (non-hydrogen) atoms. The molecule has 0 saturated heterocycles. The Labute approximate surface area is 105 Å². The van der Waals surface area contributed by atoms with Gasteiger partial charge in [-0.1, -0.05) is 19.9 Å². The van der Waals surface area contributed by atoms with Crippen molar-refractivity contribution in [2.24, 2.45) is 5.73 Å². The van der Waals surface area contributed by atoms with Gasteiger partial charge in [-0.3, -0.25) is 5.41 Å². The Kier molecular flexibility index (Phi) is 3.36. The summed E-state index contributed by atoms with van der Waals surface area (Å²) in [6, 6.07) is 5.35. The second kappa shape index (κ2) is 4.95. The number of nitrogen functional groups attached to an aromatic ring is 1. The summed E-state index contributed by atoms with van der Waals surface area (Å²) in [6.07, 6.45) is 1.56. The number of nitrogens with one attached hydrogen (secondary N) is 1. The average Bonchev–Trinajstić information content (AvgIpc) is 2.82. The Morgan fingerprint density at radius 3 is 2.67 bits per heavy atom. The number of hydrogen-bond donors (Lipinski definition) is 2.